The van der Waals surface area contributed by atoms with E-state index in [1.165, 1.54) is 22.9 Å². The monoisotopic (exact) mass is 383 g/mol. The van der Waals surface area contributed by atoms with Gasteiger partial charge < -0.3 is 10.1 Å². The molecule has 1 N–H and O–H groups in total. The number of hydrogen-bond donors (Lipinski definition) is 1. The zero-order valence-electron chi connectivity index (χ0n) is 15.3. The van der Waals surface area contributed by atoms with Crippen LogP contribution in [0.1, 0.15) is 21.6 Å². The summed E-state index contributed by atoms with van der Waals surface area (Å²) in [4.78, 5) is 28.6. The number of imidazole rings is 1. The van der Waals surface area contributed by atoms with Crippen molar-refractivity contribution >= 4 is 29.2 Å². The average molecular weight is 383 g/mol. The van der Waals surface area contributed by atoms with E-state index in [4.69, 9.17) is 4.74 Å². The van der Waals surface area contributed by atoms with Crippen LogP contribution in [0.25, 0.3) is 5.52 Å². The molecule has 0 aliphatic rings. The third kappa shape index (κ3) is 4.49. The number of ether oxygens (including phenoxy) is 1. The maximum atomic E-state index is 12.3. The SMILES string of the molecule is CSc1nc(C(=O)OCC(=O)NCCc2ccccc2C)c2ccccn12. The van der Waals surface area contributed by atoms with E-state index in [2.05, 4.69) is 10.3 Å². The van der Waals surface area contributed by atoms with E-state index in [1.807, 2.05) is 60.2 Å². The molecule has 0 atom stereocenters. The van der Waals surface area contributed by atoms with Crippen molar-refractivity contribution in [3.8, 4) is 0 Å². The fraction of sp³-hybridized carbons (Fsp3) is 0.250. The number of esters is 1. The second kappa shape index (κ2) is 8.73. The minimum absolute atomic E-state index is 0.215. The highest BCUT2D eigenvalue weighted by molar-refractivity contribution is 7.98. The number of pyridine rings is 1. The molecule has 0 saturated heterocycles. The molecule has 0 bridgehead atoms. The molecule has 0 fully saturated rings. The molecule has 27 heavy (non-hydrogen) atoms. The average Bonchev–Trinajstić information content (AvgIpc) is 3.06. The molecule has 0 spiro atoms. The van der Waals surface area contributed by atoms with Crippen molar-refractivity contribution < 1.29 is 14.3 Å². The Labute approximate surface area is 161 Å². The summed E-state index contributed by atoms with van der Waals surface area (Å²) in [5.74, 6) is -0.932. The molecule has 1 amide bonds. The van der Waals surface area contributed by atoms with Crippen LogP contribution in [-0.2, 0) is 16.0 Å². The van der Waals surface area contributed by atoms with Gasteiger partial charge in [0.1, 0.15) is 0 Å². The van der Waals surface area contributed by atoms with E-state index in [1.54, 1.807) is 6.07 Å². The Kier molecular flexibility index (Phi) is 6.13. The molecule has 0 aliphatic carbocycles. The lowest BCUT2D eigenvalue weighted by molar-refractivity contribution is -0.124. The van der Waals surface area contributed by atoms with Crippen molar-refractivity contribution in [3.05, 3.63) is 65.5 Å². The first-order valence-electron chi connectivity index (χ1n) is 8.59. The van der Waals surface area contributed by atoms with Gasteiger partial charge in [-0.15, -0.1) is 0 Å². The number of rotatable bonds is 7. The Morgan fingerprint density at radius 2 is 1.96 bits per heavy atom. The molecular weight excluding hydrogens is 362 g/mol. The van der Waals surface area contributed by atoms with Gasteiger partial charge in [0.05, 0.1) is 5.52 Å². The smallest absolute Gasteiger partial charge is 0.359 e. The van der Waals surface area contributed by atoms with Crippen LogP contribution in [0.2, 0.25) is 0 Å². The summed E-state index contributed by atoms with van der Waals surface area (Å²) >= 11 is 1.44. The number of benzene rings is 1. The zero-order chi connectivity index (χ0) is 19.2. The topological polar surface area (TPSA) is 72.7 Å². The van der Waals surface area contributed by atoms with Crippen LogP contribution in [0.15, 0.2) is 53.8 Å². The summed E-state index contributed by atoms with van der Waals surface area (Å²) in [6.07, 6.45) is 4.46. The van der Waals surface area contributed by atoms with Gasteiger partial charge in [0.15, 0.2) is 17.5 Å². The van der Waals surface area contributed by atoms with Crippen molar-refractivity contribution in [1.82, 2.24) is 14.7 Å². The lowest BCUT2D eigenvalue weighted by atomic mass is 10.1. The van der Waals surface area contributed by atoms with Crippen LogP contribution < -0.4 is 5.32 Å². The Balaban J connectivity index is 1.53. The molecule has 3 rings (SSSR count). The quantitative estimate of drug-likeness (QED) is 0.502. The third-order valence-electron chi connectivity index (χ3n) is 4.20. The van der Waals surface area contributed by atoms with Crippen LogP contribution in [0.3, 0.4) is 0 Å². The number of fused-ring (bicyclic) bond motifs is 1. The summed E-state index contributed by atoms with van der Waals surface area (Å²) in [5, 5.41) is 3.47. The van der Waals surface area contributed by atoms with Gasteiger partial charge in [-0.05, 0) is 42.9 Å². The van der Waals surface area contributed by atoms with Crippen molar-refractivity contribution in [1.29, 1.82) is 0 Å². The summed E-state index contributed by atoms with van der Waals surface area (Å²) in [7, 11) is 0. The number of thioether (sulfide) groups is 1. The van der Waals surface area contributed by atoms with Crippen molar-refractivity contribution in [2.75, 3.05) is 19.4 Å². The standard InChI is InChI=1S/C20H21N3O3S/c1-14-7-3-4-8-15(14)10-11-21-17(24)13-26-19(25)18-16-9-5-6-12-23(16)20(22-18)27-2/h3-9,12H,10-11,13H2,1-2H3,(H,21,24). The molecule has 2 heterocycles. The molecule has 0 aliphatic heterocycles. The van der Waals surface area contributed by atoms with E-state index in [9.17, 15) is 9.59 Å². The molecule has 1 aromatic carbocycles. The van der Waals surface area contributed by atoms with Gasteiger partial charge in [0.2, 0.25) is 0 Å². The molecule has 3 aromatic rings. The fourth-order valence-electron chi connectivity index (χ4n) is 2.78. The van der Waals surface area contributed by atoms with Crippen molar-refractivity contribution in [3.63, 3.8) is 0 Å². The number of carbonyl (C=O) groups is 2. The highest BCUT2D eigenvalue weighted by Gasteiger charge is 2.19. The number of nitrogens with zero attached hydrogens (tertiary/aromatic N) is 2. The number of aromatic nitrogens is 2. The Hall–Kier alpha value is -2.80. The summed E-state index contributed by atoms with van der Waals surface area (Å²) < 4.78 is 6.97. The minimum atomic E-state index is -0.604. The first-order chi connectivity index (χ1) is 13.1. The molecule has 2 aromatic heterocycles. The molecule has 6 nitrogen and oxygen atoms in total. The molecule has 7 heteroatoms. The van der Waals surface area contributed by atoms with Gasteiger partial charge in [-0.25, -0.2) is 9.78 Å². The summed E-state index contributed by atoms with van der Waals surface area (Å²) in [6, 6.07) is 13.5. The van der Waals surface area contributed by atoms with Crippen LogP contribution in [0, 0.1) is 6.92 Å². The lowest BCUT2D eigenvalue weighted by Crippen LogP contribution is -2.30. The maximum absolute atomic E-state index is 12.3. The zero-order valence-corrected chi connectivity index (χ0v) is 16.1. The Morgan fingerprint density at radius 1 is 1.19 bits per heavy atom. The number of aryl methyl sites for hydroxylation is 1. The molecular formula is C20H21N3O3S. The highest BCUT2D eigenvalue weighted by Crippen LogP contribution is 2.20. The van der Waals surface area contributed by atoms with Crippen LogP contribution in [-0.4, -0.2) is 40.7 Å². The number of carbonyl (C=O) groups excluding carboxylic acids is 2. The van der Waals surface area contributed by atoms with Gasteiger partial charge in [0, 0.05) is 12.7 Å². The largest absolute Gasteiger partial charge is 0.451 e. The number of amides is 1. The predicted molar refractivity (Wildman–Crippen MR) is 105 cm³/mol. The van der Waals surface area contributed by atoms with Gasteiger partial charge in [-0.2, -0.15) is 0 Å². The van der Waals surface area contributed by atoms with Gasteiger partial charge in [0.25, 0.3) is 5.91 Å². The van der Waals surface area contributed by atoms with E-state index >= 15 is 0 Å². The summed E-state index contributed by atoms with van der Waals surface area (Å²) in [6.45, 7) is 2.20. The number of hydrogen-bond acceptors (Lipinski definition) is 5. The van der Waals surface area contributed by atoms with Crippen LogP contribution >= 0.6 is 11.8 Å². The molecule has 0 unspecified atom stereocenters. The van der Waals surface area contributed by atoms with Crippen LogP contribution in [0.5, 0.6) is 0 Å². The fourth-order valence-corrected chi connectivity index (χ4v) is 3.32. The summed E-state index contributed by atoms with van der Waals surface area (Å²) in [5.41, 5.74) is 3.25. The Bertz CT molecular complexity index is 968. The van der Waals surface area contributed by atoms with Crippen molar-refractivity contribution in [2.24, 2.45) is 0 Å². The highest BCUT2D eigenvalue weighted by atomic mass is 32.2. The lowest BCUT2D eigenvalue weighted by Gasteiger charge is -2.08. The molecule has 0 radical (unpaired) electrons. The molecule has 140 valence electrons. The van der Waals surface area contributed by atoms with E-state index < -0.39 is 5.97 Å². The van der Waals surface area contributed by atoms with Gasteiger partial charge in [-0.3, -0.25) is 9.20 Å². The normalized spacial score (nSPS) is 10.7. The first kappa shape index (κ1) is 19.0. The van der Waals surface area contributed by atoms with Gasteiger partial charge >= 0.3 is 5.97 Å². The first-order valence-corrected chi connectivity index (χ1v) is 9.82. The van der Waals surface area contributed by atoms with E-state index in [-0.39, 0.29) is 18.2 Å². The Morgan fingerprint density at radius 3 is 2.74 bits per heavy atom. The van der Waals surface area contributed by atoms with E-state index in [0.717, 1.165) is 6.42 Å². The van der Waals surface area contributed by atoms with Gasteiger partial charge in [-0.1, -0.05) is 42.1 Å². The molecule has 0 saturated carbocycles. The van der Waals surface area contributed by atoms with E-state index in [0.29, 0.717) is 17.2 Å². The second-order valence-corrected chi connectivity index (χ2v) is 6.78. The van der Waals surface area contributed by atoms with Crippen molar-refractivity contribution in [2.45, 2.75) is 18.5 Å². The maximum Gasteiger partial charge on any atom is 0.359 e. The minimum Gasteiger partial charge on any atom is -0.451 e. The third-order valence-corrected chi connectivity index (χ3v) is 4.86. The predicted octanol–water partition coefficient (Wildman–Crippen LogP) is 2.88. The second-order valence-electron chi connectivity index (χ2n) is 6.01. The van der Waals surface area contributed by atoms with Crippen LogP contribution in [0.4, 0.5) is 0 Å². The number of nitrogens with one attached hydrogen (secondary N) is 1.